The van der Waals surface area contributed by atoms with Crippen LogP contribution in [0.3, 0.4) is 0 Å². The molecule has 1 rings (SSSR count). The Morgan fingerprint density at radius 3 is 2.83 bits per heavy atom. The Balaban J connectivity index is 2.56. The molecule has 1 fully saturated rings. The van der Waals surface area contributed by atoms with E-state index in [4.69, 9.17) is 10.8 Å². The second-order valence-electron chi connectivity index (χ2n) is 3.25. The highest BCUT2D eigenvalue weighted by molar-refractivity contribution is 5.79. The van der Waals surface area contributed by atoms with E-state index >= 15 is 0 Å². The van der Waals surface area contributed by atoms with Crippen molar-refractivity contribution in [3.05, 3.63) is 0 Å². The molecule has 2 atom stereocenters. The molecule has 70 valence electrons. The van der Waals surface area contributed by atoms with Crippen LogP contribution < -0.4 is 5.73 Å². The molecule has 0 aromatic heterocycles. The van der Waals surface area contributed by atoms with E-state index in [1.807, 2.05) is 6.92 Å². The molecule has 12 heavy (non-hydrogen) atoms. The second kappa shape index (κ2) is 3.87. The zero-order chi connectivity index (χ0) is 9.14. The summed E-state index contributed by atoms with van der Waals surface area (Å²) in [5, 5.41) is 8.96. The number of hydrogen-bond acceptors (Lipinski definition) is 3. The van der Waals surface area contributed by atoms with Crippen LogP contribution in [0.5, 0.6) is 0 Å². The molecular weight excluding hydrogens is 156 g/mol. The first-order valence-corrected chi connectivity index (χ1v) is 4.35. The topological polar surface area (TPSA) is 66.6 Å². The zero-order valence-corrected chi connectivity index (χ0v) is 7.36. The number of nitrogens with zero attached hydrogens (tertiary/aromatic N) is 1. The van der Waals surface area contributed by atoms with Gasteiger partial charge in [0.25, 0.3) is 0 Å². The minimum Gasteiger partial charge on any atom is -0.394 e. The van der Waals surface area contributed by atoms with Crippen molar-refractivity contribution in [3.63, 3.8) is 0 Å². The molecule has 1 saturated heterocycles. The summed E-state index contributed by atoms with van der Waals surface area (Å²) < 4.78 is 0. The molecule has 1 aliphatic heterocycles. The third-order valence-electron chi connectivity index (χ3n) is 2.31. The summed E-state index contributed by atoms with van der Waals surface area (Å²) >= 11 is 0. The number of nitrogens with two attached hydrogens (primary N) is 1. The van der Waals surface area contributed by atoms with E-state index in [-0.39, 0.29) is 24.6 Å². The molecule has 1 unspecified atom stereocenters. The second-order valence-corrected chi connectivity index (χ2v) is 3.25. The predicted molar refractivity (Wildman–Crippen MR) is 45.5 cm³/mol. The van der Waals surface area contributed by atoms with Gasteiger partial charge in [0, 0.05) is 19.0 Å². The van der Waals surface area contributed by atoms with Gasteiger partial charge in [0.1, 0.15) is 0 Å². The van der Waals surface area contributed by atoms with E-state index in [0.29, 0.717) is 13.0 Å². The van der Waals surface area contributed by atoms with Gasteiger partial charge < -0.3 is 15.7 Å². The van der Waals surface area contributed by atoms with Gasteiger partial charge in [-0.15, -0.1) is 0 Å². The molecule has 0 aromatic carbocycles. The van der Waals surface area contributed by atoms with E-state index in [1.54, 1.807) is 4.90 Å². The first-order valence-electron chi connectivity index (χ1n) is 4.35. The minimum atomic E-state index is -0.0434. The summed E-state index contributed by atoms with van der Waals surface area (Å²) in [6.07, 6.45) is 1.21. The molecule has 4 heteroatoms. The highest BCUT2D eigenvalue weighted by Crippen LogP contribution is 2.14. The molecule has 3 N–H and O–H groups in total. The van der Waals surface area contributed by atoms with Crippen molar-refractivity contribution in [1.82, 2.24) is 4.90 Å². The highest BCUT2D eigenvalue weighted by atomic mass is 16.3. The maximum absolute atomic E-state index is 11.3. The van der Waals surface area contributed by atoms with E-state index in [1.165, 1.54) is 0 Å². The van der Waals surface area contributed by atoms with Crippen LogP contribution in [0.4, 0.5) is 0 Å². The third kappa shape index (κ3) is 1.76. The fraction of sp³-hybridized carbons (Fsp3) is 0.875. The Kier molecular flexibility index (Phi) is 3.05. The summed E-state index contributed by atoms with van der Waals surface area (Å²) in [7, 11) is 0. The van der Waals surface area contributed by atoms with Crippen LogP contribution >= 0.6 is 0 Å². The van der Waals surface area contributed by atoms with Gasteiger partial charge in [0.05, 0.1) is 12.6 Å². The Morgan fingerprint density at radius 1 is 1.83 bits per heavy atom. The van der Waals surface area contributed by atoms with Gasteiger partial charge in [-0.05, 0) is 6.42 Å². The van der Waals surface area contributed by atoms with E-state index < -0.39 is 0 Å². The number of amides is 1. The monoisotopic (exact) mass is 172 g/mol. The smallest absolute Gasteiger partial charge is 0.224 e. The molecular formula is C8H16N2O2. The first kappa shape index (κ1) is 9.48. The number of rotatable bonds is 3. The number of carbonyl (C=O) groups is 1. The lowest BCUT2D eigenvalue weighted by molar-refractivity contribution is -0.130. The van der Waals surface area contributed by atoms with Gasteiger partial charge in [0.15, 0.2) is 0 Å². The average molecular weight is 172 g/mol. The highest BCUT2D eigenvalue weighted by Gasteiger charge is 2.30. The number of aliphatic hydroxyl groups excluding tert-OH is 1. The Bertz CT molecular complexity index is 168. The van der Waals surface area contributed by atoms with Gasteiger partial charge in [-0.3, -0.25) is 4.79 Å². The SMILES string of the molecule is CC[C@H](CO)N1CC(N)CC1=O. The molecule has 0 bridgehead atoms. The Hall–Kier alpha value is -0.610. The van der Waals surface area contributed by atoms with E-state index in [0.717, 1.165) is 6.42 Å². The van der Waals surface area contributed by atoms with E-state index in [9.17, 15) is 4.79 Å². The minimum absolute atomic E-state index is 0.0361. The third-order valence-corrected chi connectivity index (χ3v) is 2.31. The Labute approximate surface area is 72.3 Å². The van der Waals surface area contributed by atoms with E-state index in [2.05, 4.69) is 0 Å². The van der Waals surface area contributed by atoms with Crippen LogP contribution in [0.2, 0.25) is 0 Å². The summed E-state index contributed by atoms with van der Waals surface area (Å²) in [6.45, 7) is 2.59. The number of likely N-dealkylation sites (tertiary alicyclic amines) is 1. The molecule has 0 saturated carbocycles. The molecule has 0 spiro atoms. The van der Waals surface area contributed by atoms with Crippen LogP contribution in [-0.4, -0.2) is 41.1 Å². The van der Waals surface area contributed by atoms with Crippen molar-refractivity contribution in [3.8, 4) is 0 Å². The number of aliphatic hydroxyl groups is 1. The van der Waals surface area contributed by atoms with Crippen molar-refractivity contribution in [1.29, 1.82) is 0 Å². The van der Waals surface area contributed by atoms with Crippen LogP contribution in [0.25, 0.3) is 0 Å². The molecule has 0 radical (unpaired) electrons. The molecule has 1 heterocycles. The first-order chi connectivity index (χ1) is 5.69. The number of hydrogen-bond donors (Lipinski definition) is 2. The van der Waals surface area contributed by atoms with Crippen LogP contribution in [0, 0.1) is 0 Å². The maximum Gasteiger partial charge on any atom is 0.224 e. The molecule has 1 amide bonds. The zero-order valence-electron chi connectivity index (χ0n) is 7.36. The lowest BCUT2D eigenvalue weighted by atomic mass is 10.2. The maximum atomic E-state index is 11.3. The summed E-state index contributed by atoms with van der Waals surface area (Å²) in [6, 6.07) is -0.0795. The largest absolute Gasteiger partial charge is 0.394 e. The Morgan fingerprint density at radius 2 is 2.50 bits per heavy atom. The fourth-order valence-corrected chi connectivity index (χ4v) is 1.56. The summed E-state index contributed by atoms with van der Waals surface area (Å²) in [5.41, 5.74) is 5.62. The van der Waals surface area contributed by atoms with Crippen molar-refractivity contribution in [2.75, 3.05) is 13.2 Å². The van der Waals surface area contributed by atoms with Gasteiger partial charge in [-0.25, -0.2) is 0 Å². The average Bonchev–Trinajstić information content (AvgIpc) is 2.34. The summed E-state index contributed by atoms with van der Waals surface area (Å²) in [5.74, 6) is 0.0726. The molecule has 0 aromatic rings. The normalized spacial score (nSPS) is 26.4. The van der Waals surface area contributed by atoms with Crippen molar-refractivity contribution in [2.24, 2.45) is 5.73 Å². The van der Waals surface area contributed by atoms with Gasteiger partial charge in [-0.2, -0.15) is 0 Å². The van der Waals surface area contributed by atoms with Gasteiger partial charge in [-0.1, -0.05) is 6.92 Å². The summed E-state index contributed by atoms with van der Waals surface area (Å²) in [4.78, 5) is 13.0. The lowest BCUT2D eigenvalue weighted by Gasteiger charge is -2.24. The quantitative estimate of drug-likeness (QED) is 0.592. The van der Waals surface area contributed by atoms with Crippen molar-refractivity contribution >= 4 is 5.91 Å². The van der Waals surface area contributed by atoms with Gasteiger partial charge >= 0.3 is 0 Å². The lowest BCUT2D eigenvalue weighted by Crippen LogP contribution is -2.39. The van der Waals surface area contributed by atoms with Crippen molar-refractivity contribution in [2.45, 2.75) is 31.8 Å². The van der Waals surface area contributed by atoms with Gasteiger partial charge in [0.2, 0.25) is 5.91 Å². The van der Waals surface area contributed by atoms with Crippen LogP contribution in [0.1, 0.15) is 19.8 Å². The van der Waals surface area contributed by atoms with Crippen LogP contribution in [-0.2, 0) is 4.79 Å². The number of carbonyl (C=O) groups excluding carboxylic acids is 1. The standard InChI is InChI=1S/C8H16N2O2/c1-2-7(5-11)10-4-6(9)3-8(10)12/h6-7,11H,2-5,9H2,1H3/t6?,7-/m1/s1. The molecule has 0 aliphatic carbocycles. The molecule has 4 nitrogen and oxygen atoms in total. The predicted octanol–water partition coefficient (Wildman–Crippen LogP) is -0.683. The molecule has 1 aliphatic rings. The van der Waals surface area contributed by atoms with Crippen molar-refractivity contribution < 1.29 is 9.90 Å². The van der Waals surface area contributed by atoms with Crippen LogP contribution in [0.15, 0.2) is 0 Å². The fourth-order valence-electron chi connectivity index (χ4n) is 1.56.